The van der Waals surface area contributed by atoms with Crippen molar-refractivity contribution in [1.82, 2.24) is 0 Å². The summed E-state index contributed by atoms with van der Waals surface area (Å²) in [5.74, 6) is 0. The van der Waals surface area contributed by atoms with Crippen LogP contribution in [0.5, 0.6) is 0 Å². The van der Waals surface area contributed by atoms with E-state index in [-0.39, 0.29) is 0 Å². The normalized spacial score (nSPS) is 18.6. The fourth-order valence-corrected chi connectivity index (χ4v) is 17.4. The Bertz CT molecular complexity index is 4620. The second-order valence-corrected chi connectivity index (χ2v) is 24.4. The molecule has 8 bridgehead atoms. The van der Waals surface area contributed by atoms with Crippen molar-refractivity contribution in [2.45, 2.75) is 0 Å². The van der Waals surface area contributed by atoms with Gasteiger partial charge in [0.1, 0.15) is 0 Å². The molecule has 6 heterocycles. The topological polar surface area (TPSA) is 32.4 Å². The minimum absolute atomic E-state index is 0.407. The summed E-state index contributed by atoms with van der Waals surface area (Å²) in [7, 11) is 0. The van der Waals surface area contributed by atoms with Crippen molar-refractivity contribution in [3.63, 3.8) is 0 Å². The average molecular weight is 1410 g/mol. The Labute approximate surface area is 498 Å². The Hall–Kier alpha value is -8.94. The van der Waals surface area contributed by atoms with Gasteiger partial charge >= 0.3 is 501 Å². The molecule has 0 spiro atoms. The number of fused-ring (bicyclic) bond motifs is 24. The van der Waals surface area contributed by atoms with Crippen LogP contribution in [0.3, 0.4) is 0 Å². The second-order valence-electron chi connectivity index (χ2n) is 19.2. The third-order valence-corrected chi connectivity index (χ3v) is 20.7. The summed E-state index contributed by atoms with van der Waals surface area (Å²) < 4.78 is 111. The van der Waals surface area contributed by atoms with Gasteiger partial charge in [-0.25, -0.2) is 0 Å². The predicted molar refractivity (Wildman–Crippen MR) is 325 cm³/mol. The first-order valence-electron chi connectivity index (χ1n) is 31.5. The maximum absolute atomic E-state index is 9.11. The van der Waals surface area contributed by atoms with E-state index in [0.29, 0.717) is 119 Å². The summed E-state index contributed by atoms with van der Waals surface area (Å²) in [6, 6.07) is 83.5. The van der Waals surface area contributed by atoms with E-state index in [4.69, 9.17) is 16.4 Å². The molecule has 0 fully saturated rings. The van der Waals surface area contributed by atoms with E-state index < -0.39 is 63.2 Å². The van der Waals surface area contributed by atoms with Gasteiger partial charge in [0.15, 0.2) is 0 Å². The molecule has 0 aromatic heterocycles. The van der Waals surface area contributed by atoms with E-state index >= 15 is 0 Å². The molecule has 0 amide bonds. The third kappa shape index (κ3) is 7.11. The molecule has 0 N–H and O–H groups in total. The summed E-state index contributed by atoms with van der Waals surface area (Å²) in [5, 5.41) is 0. The van der Waals surface area contributed by atoms with Crippen LogP contribution in [0.25, 0.3) is 11.1 Å². The zero-order chi connectivity index (χ0) is 63.3. The van der Waals surface area contributed by atoms with Gasteiger partial charge in [0.25, 0.3) is 0 Å². The van der Waals surface area contributed by atoms with E-state index in [9.17, 15) is 0 Å². The SMILES string of the molecule is [2H]C([2H])([2H])N1[C]2=[Pt]=[C]3N(c4[c-]c(ccc4)N(c4ccc(N5c6[c-]c(ccc6)N6[C](=[Pt]=[C]7N(c8[c-]c5ccc8)c5ccccc5N7C([2H])([2H])[2H])N(C([2H])([2H])[2H])c5ccccc56)c(-c5ccccc5)c4)c4[c-]c(ccc4)N2c2ccccc21)c1ccccc1N3C([2H])([2H])[2H]. The molecule has 0 atom stereocenters. The van der Waals surface area contributed by atoms with Gasteiger partial charge in [-0.1, -0.05) is 0 Å². The summed E-state index contributed by atoms with van der Waals surface area (Å²) in [5.41, 5.74) is 11.6. The molecule has 10 aromatic carbocycles. The molecule has 10 aromatic rings. The van der Waals surface area contributed by atoms with Crippen molar-refractivity contribution in [1.29, 1.82) is 0 Å². The maximum atomic E-state index is 9.11. The first-order valence-corrected chi connectivity index (χ1v) is 30.1. The Kier molecular flexibility index (Phi) is 8.30. The van der Waals surface area contributed by atoms with E-state index in [0.717, 1.165) is 11.1 Å². The van der Waals surface area contributed by atoms with Crippen LogP contribution < -0.4 is 49.0 Å². The summed E-state index contributed by atoms with van der Waals surface area (Å²) >= 11 is -3.44. The standard InChI is InChI=1S/C68H48N10.2Pt/c1-69-45-73(65-34-12-8-30-61(65)69)50-22-16-26-54(40-50)77(55-27-17-23-51(41-55)74-46-70(2)62-31-9-13-35-66(62)74)58-38-39-60(59(44-58)49-20-6-5-7-21-49)78(56-28-18-24-52(42-56)75-47-71(3)63-32-10-14-36-67(63)75)57-29-19-25-53(43-57)76-48-72(4)64-33-11-15-37-68(64)76;;/h5-39,44H,1-4H3;;/q-4;;/i1D3,2D3,3D3,4D3;;. The molecule has 394 valence electrons. The van der Waals surface area contributed by atoms with Crippen molar-refractivity contribution in [3.05, 3.63) is 243 Å². The van der Waals surface area contributed by atoms with Crippen molar-refractivity contribution >= 4 is 119 Å². The Morgan fingerprint density at radius 2 is 0.575 bits per heavy atom. The van der Waals surface area contributed by atoms with E-state index in [1.807, 2.05) is 188 Å². The minimum atomic E-state index is -2.69. The number of anilines is 18. The number of para-hydroxylation sites is 8. The van der Waals surface area contributed by atoms with E-state index in [2.05, 4.69) is 35.2 Å². The molecule has 0 saturated heterocycles. The Morgan fingerprint density at radius 1 is 0.275 bits per heavy atom. The first-order chi connectivity index (χ1) is 44.2. The van der Waals surface area contributed by atoms with Gasteiger partial charge in [0.2, 0.25) is 0 Å². The van der Waals surface area contributed by atoms with Crippen LogP contribution in [0.15, 0.2) is 218 Å². The molecule has 0 saturated carbocycles. The zero-order valence-corrected chi connectivity index (χ0v) is 46.4. The molecule has 6 aliphatic rings. The quantitative estimate of drug-likeness (QED) is 0.160. The zero-order valence-electron chi connectivity index (χ0n) is 53.9. The first kappa shape index (κ1) is 36.3. The number of nitrogens with zero attached hydrogens (tertiary/aromatic N) is 10. The van der Waals surface area contributed by atoms with Gasteiger partial charge in [-0.15, -0.1) is 0 Å². The monoisotopic (exact) mass is 1410 g/mol. The van der Waals surface area contributed by atoms with Crippen LogP contribution in [-0.2, 0) is 35.3 Å². The fraction of sp³-hybridized carbons (Fsp3) is 0.0588. The molecular weight excluding hydrogens is 1350 g/mol. The van der Waals surface area contributed by atoms with Crippen LogP contribution in [0.4, 0.5) is 102 Å². The van der Waals surface area contributed by atoms with Gasteiger partial charge < -0.3 is 0 Å². The number of hydrogen-bond donors (Lipinski definition) is 0. The molecule has 12 heteroatoms. The predicted octanol–water partition coefficient (Wildman–Crippen LogP) is 14.4. The molecule has 0 unspecified atom stereocenters. The van der Waals surface area contributed by atoms with Crippen LogP contribution >= 0.6 is 0 Å². The van der Waals surface area contributed by atoms with Gasteiger partial charge in [0.05, 0.1) is 0 Å². The third-order valence-electron chi connectivity index (χ3n) is 14.7. The van der Waals surface area contributed by atoms with Gasteiger partial charge in [0, 0.05) is 0 Å². The molecule has 16 rings (SSSR count). The van der Waals surface area contributed by atoms with Crippen LogP contribution in [0.2, 0.25) is 0 Å². The molecule has 0 aliphatic carbocycles. The van der Waals surface area contributed by atoms with Gasteiger partial charge in [-0.2, -0.15) is 0 Å². The number of hydrogen-bond acceptors (Lipinski definition) is 10. The van der Waals surface area contributed by atoms with E-state index in [1.54, 1.807) is 48.5 Å². The molecule has 80 heavy (non-hydrogen) atoms. The van der Waals surface area contributed by atoms with Crippen LogP contribution in [0, 0.1) is 24.3 Å². The van der Waals surface area contributed by atoms with Crippen molar-refractivity contribution < 1.29 is 51.7 Å². The molecular formula is C68H48N10Pt2-4. The fourth-order valence-electron chi connectivity index (χ4n) is 11.1. The summed E-state index contributed by atoms with van der Waals surface area (Å²) in [6.07, 6.45) is 0. The van der Waals surface area contributed by atoms with Crippen LogP contribution in [0.1, 0.15) is 16.4 Å². The second kappa shape index (κ2) is 18.3. The Balaban J connectivity index is 0.945. The molecule has 10 nitrogen and oxygen atoms in total. The number of benzene rings is 10. The summed E-state index contributed by atoms with van der Waals surface area (Å²) in [4.78, 5) is 17.3. The average Bonchev–Trinajstić information content (AvgIpc) is 1.55. The molecule has 6 aliphatic heterocycles. The van der Waals surface area contributed by atoms with Crippen molar-refractivity contribution in [2.24, 2.45) is 0 Å². The van der Waals surface area contributed by atoms with Crippen LogP contribution in [-0.4, -0.2) is 44.5 Å². The van der Waals surface area contributed by atoms with Gasteiger partial charge in [-0.05, 0) is 0 Å². The number of rotatable bonds is 3. The van der Waals surface area contributed by atoms with Crippen molar-refractivity contribution in [2.75, 3.05) is 76.9 Å². The molecule has 0 radical (unpaired) electrons. The Morgan fingerprint density at radius 3 is 0.912 bits per heavy atom. The van der Waals surface area contributed by atoms with E-state index in [1.165, 1.54) is 19.6 Å². The summed E-state index contributed by atoms with van der Waals surface area (Å²) in [6.45, 7) is -10.7. The van der Waals surface area contributed by atoms with Gasteiger partial charge in [-0.3, -0.25) is 0 Å². The van der Waals surface area contributed by atoms with Crippen molar-refractivity contribution in [3.8, 4) is 11.1 Å².